The molecule has 0 atom stereocenters. The van der Waals surface area contributed by atoms with Crippen molar-refractivity contribution in [2.45, 2.75) is 6.42 Å². The molecular weight excluding hydrogens is 379 g/mol. The third-order valence-corrected chi connectivity index (χ3v) is 3.13. The van der Waals surface area contributed by atoms with Gasteiger partial charge in [0, 0.05) is 25.8 Å². The van der Waals surface area contributed by atoms with Gasteiger partial charge in [-0.3, -0.25) is 9.79 Å². The first-order chi connectivity index (χ1) is 9.76. The van der Waals surface area contributed by atoms with E-state index in [-0.39, 0.29) is 29.9 Å². The number of para-hydroxylation sites is 1. The molecule has 0 fully saturated rings. The van der Waals surface area contributed by atoms with E-state index in [0.29, 0.717) is 32.0 Å². The lowest BCUT2D eigenvalue weighted by atomic mass is 10.2. The molecule has 0 aliphatic carbocycles. The average molecular weight is 398 g/mol. The van der Waals surface area contributed by atoms with Crippen LogP contribution >= 0.6 is 24.0 Å². The van der Waals surface area contributed by atoms with E-state index in [4.69, 9.17) is 6.42 Å². The van der Waals surface area contributed by atoms with Gasteiger partial charge in [0.05, 0.1) is 13.0 Å². The van der Waals surface area contributed by atoms with Crippen molar-refractivity contribution in [3.8, 4) is 12.3 Å². The Hall–Kier alpha value is -1.75. The van der Waals surface area contributed by atoms with Crippen LogP contribution in [0.5, 0.6) is 0 Å². The van der Waals surface area contributed by atoms with Crippen LogP contribution < -0.4 is 15.5 Å². The normalized spacial score (nSPS) is 13.2. The van der Waals surface area contributed by atoms with Crippen molar-refractivity contribution in [3.63, 3.8) is 0 Å². The first-order valence-electron chi connectivity index (χ1n) is 6.52. The molecule has 0 saturated carbocycles. The van der Waals surface area contributed by atoms with Crippen LogP contribution in [0.15, 0.2) is 29.3 Å². The number of hydrogen-bond acceptors (Lipinski definition) is 2. The minimum Gasteiger partial charge on any atom is -0.355 e. The molecule has 0 spiro atoms. The molecule has 0 radical (unpaired) electrons. The zero-order valence-corrected chi connectivity index (χ0v) is 14.3. The summed E-state index contributed by atoms with van der Waals surface area (Å²) < 4.78 is 0. The number of terminal acetylenes is 1. The highest BCUT2D eigenvalue weighted by Crippen LogP contribution is 2.27. The smallest absolute Gasteiger partial charge is 0.231 e. The number of benzene rings is 1. The molecule has 0 bridgehead atoms. The molecule has 21 heavy (non-hydrogen) atoms. The van der Waals surface area contributed by atoms with Gasteiger partial charge < -0.3 is 15.5 Å². The highest BCUT2D eigenvalue weighted by molar-refractivity contribution is 14.0. The Labute approximate surface area is 142 Å². The summed E-state index contributed by atoms with van der Waals surface area (Å²) in [7, 11) is 1.68. The first-order valence-corrected chi connectivity index (χ1v) is 6.52. The van der Waals surface area contributed by atoms with Crippen LogP contribution in [0.25, 0.3) is 0 Å². The maximum atomic E-state index is 12.0. The Morgan fingerprint density at radius 3 is 2.90 bits per heavy atom. The van der Waals surface area contributed by atoms with Crippen LogP contribution in [0.2, 0.25) is 0 Å². The van der Waals surface area contributed by atoms with Crippen molar-refractivity contribution in [3.05, 3.63) is 29.8 Å². The number of guanidine groups is 1. The van der Waals surface area contributed by atoms with Gasteiger partial charge in [0.15, 0.2) is 5.96 Å². The third-order valence-electron chi connectivity index (χ3n) is 3.13. The lowest BCUT2D eigenvalue weighted by Gasteiger charge is -2.18. The second-order valence-electron chi connectivity index (χ2n) is 4.41. The number of nitrogens with one attached hydrogen (secondary N) is 2. The van der Waals surface area contributed by atoms with Gasteiger partial charge in [-0.1, -0.05) is 24.1 Å². The molecule has 1 heterocycles. The predicted molar refractivity (Wildman–Crippen MR) is 96.1 cm³/mol. The Morgan fingerprint density at radius 1 is 1.43 bits per heavy atom. The molecule has 1 aromatic carbocycles. The van der Waals surface area contributed by atoms with E-state index < -0.39 is 0 Å². The maximum absolute atomic E-state index is 12.0. The summed E-state index contributed by atoms with van der Waals surface area (Å²) >= 11 is 0. The highest BCUT2D eigenvalue weighted by atomic mass is 127. The highest BCUT2D eigenvalue weighted by Gasteiger charge is 2.25. The van der Waals surface area contributed by atoms with Crippen LogP contribution in [0.4, 0.5) is 5.69 Å². The van der Waals surface area contributed by atoms with Gasteiger partial charge in [-0.25, -0.2) is 0 Å². The van der Waals surface area contributed by atoms with Gasteiger partial charge in [0.1, 0.15) is 0 Å². The zero-order chi connectivity index (χ0) is 14.4. The Kier molecular flexibility index (Phi) is 7.02. The molecule has 5 nitrogen and oxygen atoms in total. The van der Waals surface area contributed by atoms with Crippen LogP contribution in [-0.2, 0) is 11.2 Å². The number of rotatable bonds is 4. The summed E-state index contributed by atoms with van der Waals surface area (Å²) in [5.41, 5.74) is 2.10. The van der Waals surface area contributed by atoms with Gasteiger partial charge in [-0.2, -0.15) is 0 Å². The first kappa shape index (κ1) is 17.3. The van der Waals surface area contributed by atoms with Crippen LogP contribution in [0, 0.1) is 12.3 Å². The number of anilines is 1. The fourth-order valence-corrected chi connectivity index (χ4v) is 2.20. The average Bonchev–Trinajstić information content (AvgIpc) is 2.78. The second kappa shape index (κ2) is 8.52. The number of fused-ring (bicyclic) bond motifs is 1. The zero-order valence-electron chi connectivity index (χ0n) is 11.9. The van der Waals surface area contributed by atoms with Crippen LogP contribution in [-0.4, -0.2) is 38.5 Å². The summed E-state index contributed by atoms with van der Waals surface area (Å²) in [4.78, 5) is 17.8. The summed E-state index contributed by atoms with van der Waals surface area (Å²) in [5, 5.41) is 6.11. The Bertz CT molecular complexity index is 565. The number of hydrogen-bond donors (Lipinski definition) is 2. The van der Waals surface area contributed by atoms with Crippen molar-refractivity contribution in [1.29, 1.82) is 0 Å². The largest absolute Gasteiger partial charge is 0.355 e. The summed E-state index contributed by atoms with van der Waals surface area (Å²) in [5.74, 6) is 3.27. The fourth-order valence-electron chi connectivity index (χ4n) is 2.20. The molecule has 6 heteroatoms. The van der Waals surface area contributed by atoms with Gasteiger partial charge in [-0.05, 0) is 11.6 Å². The molecule has 1 amide bonds. The van der Waals surface area contributed by atoms with Crippen molar-refractivity contribution >= 4 is 41.5 Å². The number of halogens is 1. The minimum absolute atomic E-state index is 0. The lowest BCUT2D eigenvalue weighted by Crippen LogP contribution is -2.42. The van der Waals surface area contributed by atoms with Crippen molar-refractivity contribution in [2.24, 2.45) is 4.99 Å². The van der Waals surface area contributed by atoms with Crippen molar-refractivity contribution < 1.29 is 4.79 Å². The van der Waals surface area contributed by atoms with Gasteiger partial charge in [0.25, 0.3) is 0 Å². The van der Waals surface area contributed by atoms with E-state index in [1.165, 1.54) is 0 Å². The molecule has 0 aromatic heterocycles. The molecule has 0 unspecified atom stereocenters. The molecule has 0 saturated heterocycles. The van der Waals surface area contributed by atoms with Gasteiger partial charge in [-0.15, -0.1) is 30.4 Å². The number of aliphatic imine (C=N–C) groups is 1. The quantitative estimate of drug-likeness (QED) is 0.344. The van der Waals surface area contributed by atoms with E-state index in [0.717, 1.165) is 11.3 Å². The maximum Gasteiger partial charge on any atom is 0.231 e. The number of amides is 1. The molecular formula is C15H19IN4O. The number of carbonyl (C=O) groups is 1. The van der Waals surface area contributed by atoms with Gasteiger partial charge in [0.2, 0.25) is 5.91 Å². The number of carbonyl (C=O) groups excluding carboxylic acids is 1. The summed E-state index contributed by atoms with van der Waals surface area (Å²) in [6.45, 7) is 1.64. The molecule has 112 valence electrons. The van der Waals surface area contributed by atoms with Crippen molar-refractivity contribution in [1.82, 2.24) is 10.6 Å². The van der Waals surface area contributed by atoms with Crippen LogP contribution in [0.1, 0.15) is 5.56 Å². The molecule has 1 aliphatic rings. The SMILES string of the molecule is C#CCNC(=NC)NCCN1C(=O)Cc2ccccc21.I. The van der Waals surface area contributed by atoms with Crippen LogP contribution in [0.3, 0.4) is 0 Å². The monoisotopic (exact) mass is 398 g/mol. The Balaban J connectivity index is 0.00000220. The van der Waals surface area contributed by atoms with E-state index in [2.05, 4.69) is 21.5 Å². The predicted octanol–water partition coefficient (Wildman–Crippen LogP) is 0.992. The third kappa shape index (κ3) is 4.36. The standard InChI is InChI=1S/C15H18N4O.HI/c1-3-8-17-15(16-2)18-9-10-19-13-7-5-4-6-12(13)11-14(19)20;/h1,4-7H,8-11H2,2H3,(H2,16,17,18);1H. The molecule has 1 aliphatic heterocycles. The van der Waals surface area contributed by atoms with E-state index >= 15 is 0 Å². The minimum atomic E-state index is 0. The van der Waals surface area contributed by atoms with Gasteiger partial charge >= 0.3 is 0 Å². The van der Waals surface area contributed by atoms with E-state index in [1.54, 1.807) is 11.9 Å². The Morgan fingerprint density at radius 2 is 2.19 bits per heavy atom. The topological polar surface area (TPSA) is 56.7 Å². The summed E-state index contributed by atoms with van der Waals surface area (Å²) in [6, 6.07) is 7.88. The lowest BCUT2D eigenvalue weighted by molar-refractivity contribution is -0.117. The molecule has 2 rings (SSSR count). The fraction of sp³-hybridized carbons (Fsp3) is 0.333. The van der Waals surface area contributed by atoms with Crippen molar-refractivity contribution in [2.75, 3.05) is 31.6 Å². The van der Waals surface area contributed by atoms with E-state index in [9.17, 15) is 4.79 Å². The second-order valence-corrected chi connectivity index (χ2v) is 4.41. The van der Waals surface area contributed by atoms with E-state index in [1.807, 2.05) is 24.3 Å². The summed E-state index contributed by atoms with van der Waals surface area (Å²) in [6.07, 6.45) is 5.67. The molecule has 1 aromatic rings. The molecule has 2 N–H and O–H groups in total. The number of nitrogens with zero attached hydrogens (tertiary/aromatic N) is 2.